The van der Waals surface area contributed by atoms with E-state index >= 15 is 0 Å². The molecular weight excluding hydrogens is 206 g/mol. The van der Waals surface area contributed by atoms with Gasteiger partial charge in [-0.1, -0.05) is 42.5 Å². The molecule has 0 amide bonds. The average Bonchev–Trinajstić information content (AvgIpc) is 2.39. The van der Waals surface area contributed by atoms with Crippen LogP contribution in [0.5, 0.6) is 0 Å². The van der Waals surface area contributed by atoms with Gasteiger partial charge >= 0.3 is 0 Å². The van der Waals surface area contributed by atoms with Gasteiger partial charge in [-0.25, -0.2) is 0 Å². The van der Waals surface area contributed by atoms with E-state index in [9.17, 15) is 0 Å². The maximum atomic E-state index is 4.52. The minimum atomic E-state index is 0.347. The SMILES string of the molecule is C1=CC2=CC=NC3=Cc4ccccc4C(=C1)C23. The van der Waals surface area contributed by atoms with Gasteiger partial charge in [0.05, 0.1) is 11.6 Å². The third-order valence-corrected chi connectivity index (χ3v) is 3.57. The molecule has 0 N–H and O–H groups in total. The van der Waals surface area contributed by atoms with Gasteiger partial charge in [0.1, 0.15) is 0 Å². The second-order valence-corrected chi connectivity index (χ2v) is 4.52. The smallest absolute Gasteiger partial charge is 0.0528 e. The van der Waals surface area contributed by atoms with Gasteiger partial charge in [-0.05, 0) is 34.4 Å². The topological polar surface area (TPSA) is 12.4 Å². The van der Waals surface area contributed by atoms with Crippen molar-refractivity contribution in [1.82, 2.24) is 0 Å². The van der Waals surface area contributed by atoms with Crippen molar-refractivity contribution in [2.45, 2.75) is 0 Å². The van der Waals surface area contributed by atoms with Crippen molar-refractivity contribution in [2.75, 3.05) is 0 Å². The molecule has 1 heterocycles. The molecular formula is C16H11N. The molecule has 0 saturated heterocycles. The molecule has 1 heteroatoms. The van der Waals surface area contributed by atoms with Crippen molar-refractivity contribution >= 4 is 17.9 Å². The van der Waals surface area contributed by atoms with Crippen LogP contribution in [0.2, 0.25) is 0 Å². The number of dihydropyridines is 1. The number of hydrogen-bond donors (Lipinski definition) is 0. The first-order valence-electron chi connectivity index (χ1n) is 5.87. The summed E-state index contributed by atoms with van der Waals surface area (Å²) in [6, 6.07) is 8.54. The van der Waals surface area contributed by atoms with Crippen LogP contribution in [-0.2, 0) is 0 Å². The lowest BCUT2D eigenvalue weighted by atomic mass is 9.75. The number of benzene rings is 1. The normalized spacial score (nSPS) is 23.3. The molecule has 0 radical (unpaired) electrons. The molecule has 2 aliphatic carbocycles. The molecule has 0 aromatic heterocycles. The Morgan fingerprint density at radius 3 is 3.00 bits per heavy atom. The highest BCUT2D eigenvalue weighted by Crippen LogP contribution is 2.45. The molecule has 1 aliphatic heterocycles. The number of fused-ring (bicyclic) bond motifs is 2. The van der Waals surface area contributed by atoms with E-state index in [0.29, 0.717) is 5.92 Å². The third-order valence-electron chi connectivity index (χ3n) is 3.57. The van der Waals surface area contributed by atoms with Crippen LogP contribution in [0.25, 0.3) is 11.6 Å². The van der Waals surface area contributed by atoms with Crippen LogP contribution in [0, 0.1) is 5.92 Å². The van der Waals surface area contributed by atoms with Crippen LogP contribution in [0.3, 0.4) is 0 Å². The van der Waals surface area contributed by atoms with Crippen LogP contribution >= 0.6 is 0 Å². The first kappa shape index (κ1) is 8.94. The van der Waals surface area contributed by atoms with Crippen molar-refractivity contribution < 1.29 is 0 Å². The fourth-order valence-corrected chi connectivity index (χ4v) is 2.81. The summed E-state index contributed by atoms with van der Waals surface area (Å²) in [6.45, 7) is 0. The molecule has 17 heavy (non-hydrogen) atoms. The first-order chi connectivity index (χ1) is 8.43. The lowest BCUT2D eigenvalue weighted by Gasteiger charge is -2.31. The number of aliphatic imine (C=N–C) groups is 1. The number of allylic oxidation sites excluding steroid dienone is 5. The molecule has 1 atom stereocenters. The van der Waals surface area contributed by atoms with Gasteiger partial charge in [-0.15, -0.1) is 0 Å². The minimum Gasteiger partial charge on any atom is -0.260 e. The van der Waals surface area contributed by atoms with Gasteiger partial charge in [-0.3, -0.25) is 4.99 Å². The third kappa shape index (κ3) is 1.17. The molecule has 3 aliphatic rings. The molecule has 1 nitrogen and oxygen atoms in total. The monoisotopic (exact) mass is 217 g/mol. The van der Waals surface area contributed by atoms with E-state index in [1.165, 1.54) is 22.3 Å². The van der Waals surface area contributed by atoms with Crippen LogP contribution in [0.1, 0.15) is 11.1 Å². The molecule has 1 aromatic carbocycles. The Morgan fingerprint density at radius 2 is 2.00 bits per heavy atom. The summed E-state index contributed by atoms with van der Waals surface area (Å²) < 4.78 is 0. The molecule has 0 spiro atoms. The average molecular weight is 217 g/mol. The van der Waals surface area contributed by atoms with E-state index in [2.05, 4.69) is 59.6 Å². The lowest BCUT2D eigenvalue weighted by Crippen LogP contribution is -2.17. The van der Waals surface area contributed by atoms with Gasteiger partial charge < -0.3 is 0 Å². The summed E-state index contributed by atoms with van der Waals surface area (Å²) in [5.41, 5.74) is 6.51. The van der Waals surface area contributed by atoms with Gasteiger partial charge in [0.25, 0.3) is 0 Å². The number of nitrogens with zero attached hydrogens (tertiary/aromatic N) is 1. The highest BCUT2D eigenvalue weighted by atomic mass is 14.8. The van der Waals surface area contributed by atoms with E-state index in [0.717, 1.165) is 5.70 Å². The van der Waals surface area contributed by atoms with E-state index in [1.807, 2.05) is 6.21 Å². The highest BCUT2D eigenvalue weighted by Gasteiger charge is 2.30. The van der Waals surface area contributed by atoms with Crippen molar-refractivity contribution in [1.29, 1.82) is 0 Å². The highest BCUT2D eigenvalue weighted by molar-refractivity contribution is 5.91. The second-order valence-electron chi connectivity index (χ2n) is 4.52. The Labute approximate surface area is 100 Å². The number of hydrogen-bond acceptors (Lipinski definition) is 1. The summed E-state index contributed by atoms with van der Waals surface area (Å²) in [7, 11) is 0. The van der Waals surface area contributed by atoms with E-state index in [1.54, 1.807) is 0 Å². The quantitative estimate of drug-likeness (QED) is 0.629. The van der Waals surface area contributed by atoms with Crippen molar-refractivity contribution in [3.05, 3.63) is 71.0 Å². The lowest BCUT2D eigenvalue weighted by molar-refractivity contribution is 0.909. The molecule has 4 rings (SSSR count). The Kier molecular flexibility index (Phi) is 1.67. The van der Waals surface area contributed by atoms with Gasteiger partial charge in [-0.2, -0.15) is 0 Å². The summed E-state index contributed by atoms with van der Waals surface area (Å²) in [4.78, 5) is 4.52. The zero-order valence-corrected chi connectivity index (χ0v) is 9.30. The Morgan fingerprint density at radius 1 is 1.06 bits per heavy atom. The number of rotatable bonds is 0. The second kappa shape index (κ2) is 3.17. The Balaban J connectivity index is 2.06. The molecule has 1 aromatic rings. The zero-order chi connectivity index (χ0) is 11.2. The van der Waals surface area contributed by atoms with E-state index < -0.39 is 0 Å². The fourth-order valence-electron chi connectivity index (χ4n) is 2.81. The maximum absolute atomic E-state index is 4.52. The standard InChI is InChI=1S/C16H11N/c1-2-6-13-12(4-1)10-15-16-11(8-9-17-15)5-3-7-14(13)16/h1-10,16H. The molecule has 0 fully saturated rings. The largest absolute Gasteiger partial charge is 0.260 e. The van der Waals surface area contributed by atoms with Crippen LogP contribution in [0.4, 0.5) is 0 Å². The van der Waals surface area contributed by atoms with E-state index in [4.69, 9.17) is 0 Å². The van der Waals surface area contributed by atoms with Gasteiger partial charge in [0.15, 0.2) is 0 Å². The summed E-state index contributed by atoms with van der Waals surface area (Å²) in [6.07, 6.45) is 12.8. The molecule has 80 valence electrons. The molecule has 0 bridgehead atoms. The fraction of sp³-hybridized carbons (Fsp3) is 0.0625. The van der Waals surface area contributed by atoms with Crippen molar-refractivity contribution in [3.63, 3.8) is 0 Å². The van der Waals surface area contributed by atoms with Crippen LogP contribution in [0.15, 0.2) is 64.8 Å². The van der Waals surface area contributed by atoms with E-state index in [-0.39, 0.29) is 0 Å². The summed E-state index contributed by atoms with van der Waals surface area (Å²) in [5.74, 6) is 0.347. The van der Waals surface area contributed by atoms with Crippen LogP contribution < -0.4 is 0 Å². The van der Waals surface area contributed by atoms with Gasteiger partial charge in [0.2, 0.25) is 0 Å². The summed E-state index contributed by atoms with van der Waals surface area (Å²) in [5, 5.41) is 0. The first-order valence-corrected chi connectivity index (χ1v) is 5.87. The Bertz CT molecular complexity index is 654. The van der Waals surface area contributed by atoms with Crippen molar-refractivity contribution in [2.24, 2.45) is 10.9 Å². The molecule has 1 unspecified atom stereocenters. The zero-order valence-electron chi connectivity index (χ0n) is 9.30. The summed E-state index contributed by atoms with van der Waals surface area (Å²) >= 11 is 0. The van der Waals surface area contributed by atoms with Crippen molar-refractivity contribution in [3.8, 4) is 0 Å². The van der Waals surface area contributed by atoms with Gasteiger partial charge in [0, 0.05) is 6.21 Å². The predicted octanol–water partition coefficient (Wildman–Crippen LogP) is 3.62. The Hall–Kier alpha value is -2.15. The minimum absolute atomic E-state index is 0.347. The predicted molar refractivity (Wildman–Crippen MR) is 71.6 cm³/mol. The van der Waals surface area contributed by atoms with Crippen LogP contribution in [-0.4, -0.2) is 6.21 Å². The molecule has 0 saturated carbocycles. The maximum Gasteiger partial charge on any atom is 0.0528 e.